The molecule has 0 bridgehead atoms. The summed E-state index contributed by atoms with van der Waals surface area (Å²) in [6, 6.07) is 12.3. The quantitative estimate of drug-likeness (QED) is 0.628. The van der Waals surface area contributed by atoms with Gasteiger partial charge in [-0.15, -0.1) is 10.2 Å². The highest BCUT2D eigenvalue weighted by molar-refractivity contribution is 5.75. The molecular formula is C24H31N5O2. The Balaban J connectivity index is 1.46. The molecule has 3 aromatic rings. The van der Waals surface area contributed by atoms with Gasteiger partial charge in [0.05, 0.1) is 12.3 Å². The van der Waals surface area contributed by atoms with Crippen molar-refractivity contribution in [1.29, 1.82) is 0 Å². The molecule has 1 atom stereocenters. The van der Waals surface area contributed by atoms with Gasteiger partial charge in [0.1, 0.15) is 11.6 Å². The van der Waals surface area contributed by atoms with Crippen LogP contribution in [0, 0.1) is 5.92 Å². The van der Waals surface area contributed by atoms with Gasteiger partial charge in [-0.2, -0.15) is 0 Å². The van der Waals surface area contributed by atoms with Gasteiger partial charge in [-0.25, -0.2) is 0 Å². The molecule has 1 aliphatic heterocycles. The van der Waals surface area contributed by atoms with E-state index >= 15 is 0 Å². The van der Waals surface area contributed by atoms with Crippen LogP contribution in [0.1, 0.15) is 50.4 Å². The van der Waals surface area contributed by atoms with E-state index in [1.54, 1.807) is 6.26 Å². The SMILES string of the molecule is CCC(=O)NC(c1nnc2n1CCN(Cc1cccc(-c3ccco3)c1)CC2)C(C)C. The summed E-state index contributed by atoms with van der Waals surface area (Å²) in [5, 5.41) is 12.1. The van der Waals surface area contributed by atoms with Gasteiger partial charge in [-0.05, 0) is 29.7 Å². The molecule has 1 aromatic carbocycles. The van der Waals surface area contributed by atoms with Gasteiger partial charge in [0.2, 0.25) is 5.91 Å². The summed E-state index contributed by atoms with van der Waals surface area (Å²) < 4.78 is 7.75. The Morgan fingerprint density at radius 1 is 1.16 bits per heavy atom. The summed E-state index contributed by atoms with van der Waals surface area (Å²) in [6.45, 7) is 9.62. The second-order valence-corrected chi connectivity index (χ2v) is 8.47. The minimum absolute atomic E-state index is 0.0442. The minimum Gasteiger partial charge on any atom is -0.464 e. The molecule has 0 saturated carbocycles. The van der Waals surface area contributed by atoms with Gasteiger partial charge in [0, 0.05) is 44.6 Å². The molecule has 4 rings (SSSR count). The van der Waals surface area contributed by atoms with E-state index in [0.29, 0.717) is 6.42 Å². The van der Waals surface area contributed by atoms with Crippen LogP contribution in [0.4, 0.5) is 0 Å². The van der Waals surface area contributed by atoms with Crippen LogP contribution in [0.5, 0.6) is 0 Å². The van der Waals surface area contributed by atoms with Gasteiger partial charge in [-0.1, -0.05) is 39.0 Å². The number of hydrogen-bond acceptors (Lipinski definition) is 5. The van der Waals surface area contributed by atoms with Crippen LogP contribution >= 0.6 is 0 Å². The molecule has 1 aliphatic rings. The van der Waals surface area contributed by atoms with E-state index in [1.807, 2.05) is 19.1 Å². The molecule has 164 valence electrons. The molecule has 0 spiro atoms. The van der Waals surface area contributed by atoms with Crippen molar-refractivity contribution in [3.05, 3.63) is 59.9 Å². The zero-order chi connectivity index (χ0) is 21.8. The third kappa shape index (κ3) is 4.88. The molecule has 0 saturated heterocycles. The Bertz CT molecular complexity index is 1010. The lowest BCUT2D eigenvalue weighted by Crippen LogP contribution is -2.34. The van der Waals surface area contributed by atoms with E-state index in [0.717, 1.165) is 55.6 Å². The number of furan rings is 1. The van der Waals surface area contributed by atoms with Crippen LogP contribution in [0.3, 0.4) is 0 Å². The van der Waals surface area contributed by atoms with Crippen molar-refractivity contribution in [1.82, 2.24) is 25.0 Å². The lowest BCUT2D eigenvalue weighted by molar-refractivity contribution is -0.121. The third-order valence-electron chi connectivity index (χ3n) is 5.87. The Hall–Kier alpha value is -2.93. The molecule has 31 heavy (non-hydrogen) atoms. The van der Waals surface area contributed by atoms with E-state index < -0.39 is 0 Å². The highest BCUT2D eigenvalue weighted by atomic mass is 16.3. The molecule has 0 radical (unpaired) electrons. The monoisotopic (exact) mass is 421 g/mol. The summed E-state index contributed by atoms with van der Waals surface area (Å²) in [5.41, 5.74) is 2.37. The zero-order valence-electron chi connectivity index (χ0n) is 18.5. The fourth-order valence-corrected chi connectivity index (χ4v) is 4.11. The first-order valence-electron chi connectivity index (χ1n) is 11.1. The van der Waals surface area contributed by atoms with E-state index in [9.17, 15) is 4.79 Å². The smallest absolute Gasteiger partial charge is 0.220 e. The summed E-state index contributed by atoms with van der Waals surface area (Å²) in [6.07, 6.45) is 3.02. The fourth-order valence-electron chi connectivity index (χ4n) is 4.11. The lowest BCUT2D eigenvalue weighted by Gasteiger charge is -2.23. The fraction of sp³-hybridized carbons (Fsp3) is 0.458. The normalized spacial score (nSPS) is 15.5. The first-order valence-corrected chi connectivity index (χ1v) is 11.1. The number of aromatic nitrogens is 3. The van der Waals surface area contributed by atoms with Crippen molar-refractivity contribution >= 4 is 5.91 Å². The number of nitrogens with zero attached hydrogens (tertiary/aromatic N) is 4. The Morgan fingerprint density at radius 3 is 2.77 bits per heavy atom. The number of hydrogen-bond donors (Lipinski definition) is 1. The molecule has 1 N–H and O–H groups in total. The van der Waals surface area contributed by atoms with Gasteiger partial charge in [0.25, 0.3) is 0 Å². The maximum absolute atomic E-state index is 12.0. The number of carbonyl (C=O) groups is 1. The standard InChI is InChI=1S/C24H31N5O2/c1-4-22(30)25-23(17(2)3)24-27-26-21-10-11-28(12-13-29(21)24)16-18-7-5-8-19(15-18)20-9-6-14-31-20/h5-9,14-15,17,23H,4,10-13,16H2,1-3H3,(H,25,30). The van der Waals surface area contributed by atoms with Crippen molar-refractivity contribution in [3.63, 3.8) is 0 Å². The van der Waals surface area contributed by atoms with E-state index in [-0.39, 0.29) is 17.9 Å². The highest BCUT2D eigenvalue weighted by Crippen LogP contribution is 2.24. The molecule has 0 aliphatic carbocycles. The van der Waals surface area contributed by atoms with Gasteiger partial charge in [-0.3, -0.25) is 9.69 Å². The highest BCUT2D eigenvalue weighted by Gasteiger charge is 2.27. The maximum Gasteiger partial charge on any atom is 0.220 e. The molecule has 2 aromatic heterocycles. The van der Waals surface area contributed by atoms with Crippen LogP contribution in [0.15, 0.2) is 47.1 Å². The van der Waals surface area contributed by atoms with Crippen LogP contribution in [-0.2, 0) is 24.3 Å². The average molecular weight is 422 g/mol. The van der Waals surface area contributed by atoms with Crippen LogP contribution in [0.2, 0.25) is 0 Å². The van der Waals surface area contributed by atoms with Crippen LogP contribution in [-0.4, -0.2) is 38.7 Å². The van der Waals surface area contributed by atoms with Crippen molar-refractivity contribution in [2.45, 2.75) is 52.7 Å². The largest absolute Gasteiger partial charge is 0.464 e. The molecule has 7 heteroatoms. The summed E-state index contributed by atoms with van der Waals surface area (Å²) in [5.74, 6) is 3.05. The zero-order valence-corrected chi connectivity index (χ0v) is 18.5. The molecular weight excluding hydrogens is 390 g/mol. The number of amides is 1. The average Bonchev–Trinajstić information content (AvgIpc) is 3.40. The summed E-state index contributed by atoms with van der Waals surface area (Å²) >= 11 is 0. The second-order valence-electron chi connectivity index (χ2n) is 8.47. The van der Waals surface area contributed by atoms with Crippen molar-refractivity contribution < 1.29 is 9.21 Å². The van der Waals surface area contributed by atoms with E-state index in [2.05, 4.69) is 63.1 Å². The van der Waals surface area contributed by atoms with Crippen LogP contribution < -0.4 is 5.32 Å². The van der Waals surface area contributed by atoms with Gasteiger partial charge < -0.3 is 14.3 Å². The maximum atomic E-state index is 12.0. The number of fused-ring (bicyclic) bond motifs is 1. The van der Waals surface area contributed by atoms with E-state index in [4.69, 9.17) is 4.42 Å². The topological polar surface area (TPSA) is 76.2 Å². The Morgan fingerprint density at radius 2 is 2.03 bits per heavy atom. The first kappa shape index (κ1) is 21.3. The molecule has 7 nitrogen and oxygen atoms in total. The molecule has 3 heterocycles. The van der Waals surface area contributed by atoms with E-state index in [1.165, 1.54) is 5.56 Å². The summed E-state index contributed by atoms with van der Waals surface area (Å²) in [4.78, 5) is 14.5. The molecule has 1 amide bonds. The van der Waals surface area contributed by atoms with Crippen molar-refractivity contribution in [3.8, 4) is 11.3 Å². The van der Waals surface area contributed by atoms with Gasteiger partial charge >= 0.3 is 0 Å². The second kappa shape index (κ2) is 9.47. The number of benzene rings is 1. The third-order valence-corrected chi connectivity index (χ3v) is 5.87. The van der Waals surface area contributed by atoms with Gasteiger partial charge in [0.15, 0.2) is 5.82 Å². The number of carbonyl (C=O) groups excluding carboxylic acids is 1. The van der Waals surface area contributed by atoms with Crippen LogP contribution in [0.25, 0.3) is 11.3 Å². The first-order chi connectivity index (χ1) is 15.0. The number of rotatable bonds is 7. The predicted molar refractivity (Wildman–Crippen MR) is 119 cm³/mol. The molecule has 1 unspecified atom stereocenters. The minimum atomic E-state index is -0.120. The molecule has 0 fully saturated rings. The van der Waals surface area contributed by atoms with Crippen molar-refractivity contribution in [2.75, 3.05) is 13.1 Å². The number of nitrogens with one attached hydrogen (secondary N) is 1. The predicted octanol–water partition coefficient (Wildman–Crippen LogP) is 3.82. The Labute approximate surface area is 183 Å². The van der Waals surface area contributed by atoms with Crippen molar-refractivity contribution in [2.24, 2.45) is 5.92 Å². The lowest BCUT2D eigenvalue weighted by atomic mass is 10.0. The Kier molecular flexibility index (Phi) is 6.51. The summed E-state index contributed by atoms with van der Waals surface area (Å²) in [7, 11) is 0.